The number of carbonyl (C=O) groups excluding carboxylic acids is 1. The molecule has 0 radical (unpaired) electrons. The van der Waals surface area contributed by atoms with Gasteiger partial charge in [0, 0.05) is 24.6 Å². The van der Waals surface area contributed by atoms with Gasteiger partial charge < -0.3 is 20.7 Å². The number of nitrogens with two attached hydrogens (primary N) is 1. The molecule has 4 N–H and O–H groups in total. The van der Waals surface area contributed by atoms with E-state index in [1.54, 1.807) is 0 Å². The summed E-state index contributed by atoms with van der Waals surface area (Å²) in [6.45, 7) is 1.90. The molecular formula is C18H28N4O3. The number of nitrogens with zero attached hydrogens (tertiary/aromatic N) is 2. The number of amides is 1. The van der Waals surface area contributed by atoms with Crippen LogP contribution in [0.25, 0.3) is 0 Å². The van der Waals surface area contributed by atoms with Crippen molar-refractivity contribution in [2.75, 3.05) is 13.1 Å². The van der Waals surface area contributed by atoms with Crippen molar-refractivity contribution < 1.29 is 14.7 Å². The summed E-state index contributed by atoms with van der Waals surface area (Å²) < 4.78 is 2.00. The van der Waals surface area contributed by atoms with Crippen molar-refractivity contribution in [2.45, 2.75) is 63.3 Å². The molecule has 2 fully saturated rings. The lowest BCUT2D eigenvalue weighted by molar-refractivity contribution is -0.137. The highest BCUT2D eigenvalue weighted by Gasteiger charge is 2.28. The van der Waals surface area contributed by atoms with Crippen molar-refractivity contribution in [1.29, 1.82) is 0 Å². The minimum absolute atomic E-state index is 0.255. The van der Waals surface area contributed by atoms with Crippen LogP contribution in [-0.2, 0) is 4.79 Å². The quantitative estimate of drug-likeness (QED) is 0.729. The SMILES string of the molecule is NC(=O)c1nc(C2CCC(CCC(=O)O)CC2)cn1C1CCNCC1. The third-order valence-electron chi connectivity index (χ3n) is 5.70. The van der Waals surface area contributed by atoms with Crippen LogP contribution in [0.5, 0.6) is 0 Å². The predicted molar refractivity (Wildman–Crippen MR) is 93.5 cm³/mol. The van der Waals surface area contributed by atoms with Crippen LogP contribution in [0.15, 0.2) is 6.20 Å². The topological polar surface area (TPSA) is 110 Å². The molecule has 7 nitrogen and oxygen atoms in total. The van der Waals surface area contributed by atoms with Crippen LogP contribution < -0.4 is 11.1 Å². The zero-order valence-electron chi connectivity index (χ0n) is 14.6. The Bertz CT molecular complexity index is 614. The fourth-order valence-electron chi connectivity index (χ4n) is 4.23. The van der Waals surface area contributed by atoms with Gasteiger partial charge in [-0.15, -0.1) is 0 Å². The number of carboxylic acids is 1. The summed E-state index contributed by atoms with van der Waals surface area (Å²) in [6, 6.07) is 0.289. The summed E-state index contributed by atoms with van der Waals surface area (Å²) in [7, 11) is 0. The number of hydrogen-bond acceptors (Lipinski definition) is 4. The fraction of sp³-hybridized carbons (Fsp3) is 0.722. The Morgan fingerprint density at radius 1 is 1.20 bits per heavy atom. The average Bonchev–Trinajstić information content (AvgIpc) is 3.07. The lowest BCUT2D eigenvalue weighted by Crippen LogP contribution is -2.31. The number of rotatable bonds is 6. The van der Waals surface area contributed by atoms with Crippen LogP contribution in [0, 0.1) is 5.92 Å². The molecule has 7 heteroatoms. The molecule has 0 aromatic carbocycles. The van der Waals surface area contributed by atoms with Crippen LogP contribution in [0.3, 0.4) is 0 Å². The molecule has 138 valence electrons. The summed E-state index contributed by atoms with van der Waals surface area (Å²) in [5, 5.41) is 12.2. The van der Waals surface area contributed by atoms with E-state index in [0.717, 1.165) is 63.7 Å². The molecule has 1 saturated heterocycles. The largest absolute Gasteiger partial charge is 0.481 e. The zero-order chi connectivity index (χ0) is 17.8. The Hall–Kier alpha value is -1.89. The molecule has 1 aliphatic heterocycles. The van der Waals surface area contributed by atoms with Gasteiger partial charge in [-0.2, -0.15) is 0 Å². The number of aromatic nitrogens is 2. The van der Waals surface area contributed by atoms with Gasteiger partial charge >= 0.3 is 5.97 Å². The number of primary amides is 1. The maximum atomic E-state index is 11.8. The first-order valence-corrected chi connectivity index (χ1v) is 9.35. The van der Waals surface area contributed by atoms with Crippen molar-refractivity contribution in [2.24, 2.45) is 11.7 Å². The summed E-state index contributed by atoms with van der Waals surface area (Å²) in [4.78, 5) is 27.1. The van der Waals surface area contributed by atoms with Crippen LogP contribution >= 0.6 is 0 Å². The van der Waals surface area contributed by atoms with E-state index < -0.39 is 11.9 Å². The Morgan fingerprint density at radius 2 is 1.88 bits per heavy atom. The normalized spacial score (nSPS) is 25.0. The third kappa shape index (κ3) is 4.39. The van der Waals surface area contributed by atoms with E-state index in [1.165, 1.54) is 0 Å². The Labute approximate surface area is 148 Å². The monoisotopic (exact) mass is 348 g/mol. The maximum absolute atomic E-state index is 11.8. The molecule has 1 amide bonds. The van der Waals surface area contributed by atoms with E-state index in [1.807, 2.05) is 10.8 Å². The molecule has 1 aliphatic carbocycles. The Morgan fingerprint density at radius 3 is 2.48 bits per heavy atom. The van der Waals surface area contributed by atoms with E-state index in [9.17, 15) is 9.59 Å². The summed E-state index contributed by atoms with van der Waals surface area (Å²) >= 11 is 0. The standard InChI is InChI=1S/C18H28N4O3/c19-17(25)18-21-15(11-22(18)14-7-9-20-10-8-14)13-4-1-12(2-5-13)3-6-16(23)24/h11-14,20H,1-10H2,(H2,19,25)(H,23,24). The average molecular weight is 348 g/mol. The van der Waals surface area contributed by atoms with Crippen molar-refractivity contribution in [3.8, 4) is 0 Å². The number of hydrogen-bond donors (Lipinski definition) is 3. The van der Waals surface area contributed by atoms with Gasteiger partial charge in [-0.25, -0.2) is 4.98 Å². The molecule has 1 aromatic heterocycles. The highest BCUT2D eigenvalue weighted by Crippen LogP contribution is 2.37. The van der Waals surface area contributed by atoms with Crippen molar-refractivity contribution >= 4 is 11.9 Å². The molecule has 0 spiro atoms. The van der Waals surface area contributed by atoms with Gasteiger partial charge in [0.25, 0.3) is 5.91 Å². The van der Waals surface area contributed by atoms with Gasteiger partial charge in [0.2, 0.25) is 0 Å². The van der Waals surface area contributed by atoms with E-state index in [0.29, 0.717) is 17.7 Å². The lowest BCUT2D eigenvalue weighted by Gasteiger charge is -2.27. The fourth-order valence-corrected chi connectivity index (χ4v) is 4.23. The number of aliphatic carboxylic acids is 1. The van der Waals surface area contributed by atoms with E-state index in [2.05, 4.69) is 10.3 Å². The number of carbonyl (C=O) groups is 2. The molecule has 0 unspecified atom stereocenters. The van der Waals surface area contributed by atoms with Crippen LogP contribution in [0.2, 0.25) is 0 Å². The molecule has 2 aliphatic rings. The van der Waals surface area contributed by atoms with Crippen LogP contribution in [0.4, 0.5) is 0 Å². The molecule has 1 aromatic rings. The van der Waals surface area contributed by atoms with Crippen LogP contribution in [0.1, 0.15) is 79.6 Å². The zero-order valence-corrected chi connectivity index (χ0v) is 14.6. The van der Waals surface area contributed by atoms with E-state index in [4.69, 9.17) is 10.8 Å². The van der Waals surface area contributed by atoms with Gasteiger partial charge in [-0.3, -0.25) is 9.59 Å². The number of nitrogens with one attached hydrogen (secondary N) is 1. The minimum atomic E-state index is -0.714. The molecule has 3 rings (SSSR count). The van der Waals surface area contributed by atoms with Gasteiger partial charge in [-0.05, 0) is 64.0 Å². The predicted octanol–water partition coefficient (Wildman–Crippen LogP) is 2.05. The minimum Gasteiger partial charge on any atom is -0.481 e. The van der Waals surface area contributed by atoms with Crippen LogP contribution in [-0.4, -0.2) is 39.6 Å². The van der Waals surface area contributed by atoms with Crippen molar-refractivity contribution in [3.05, 3.63) is 17.7 Å². The van der Waals surface area contributed by atoms with Gasteiger partial charge in [0.15, 0.2) is 5.82 Å². The van der Waals surface area contributed by atoms with Gasteiger partial charge in [-0.1, -0.05) is 0 Å². The molecule has 2 heterocycles. The molecule has 1 saturated carbocycles. The number of imidazole rings is 1. The molecule has 25 heavy (non-hydrogen) atoms. The van der Waals surface area contributed by atoms with Gasteiger partial charge in [0.1, 0.15) is 0 Å². The smallest absolute Gasteiger partial charge is 0.303 e. The summed E-state index contributed by atoms with van der Waals surface area (Å²) in [6.07, 6.45) is 9.10. The van der Waals surface area contributed by atoms with E-state index >= 15 is 0 Å². The third-order valence-corrected chi connectivity index (χ3v) is 5.70. The highest BCUT2D eigenvalue weighted by atomic mass is 16.4. The van der Waals surface area contributed by atoms with Gasteiger partial charge in [0.05, 0.1) is 5.69 Å². The van der Waals surface area contributed by atoms with Crippen molar-refractivity contribution in [3.63, 3.8) is 0 Å². The second-order valence-electron chi connectivity index (χ2n) is 7.39. The molecule has 0 atom stereocenters. The van der Waals surface area contributed by atoms with Crippen molar-refractivity contribution in [1.82, 2.24) is 14.9 Å². The summed E-state index contributed by atoms with van der Waals surface area (Å²) in [5.74, 6) is 0.0559. The summed E-state index contributed by atoms with van der Waals surface area (Å²) in [5.41, 5.74) is 6.54. The van der Waals surface area contributed by atoms with E-state index in [-0.39, 0.29) is 12.5 Å². The second-order valence-corrected chi connectivity index (χ2v) is 7.39. The highest BCUT2D eigenvalue weighted by molar-refractivity contribution is 5.89. The molecule has 0 bridgehead atoms. The first-order valence-electron chi connectivity index (χ1n) is 9.35. The number of piperidine rings is 1. The Kier molecular flexibility index (Phi) is 5.73. The first-order chi connectivity index (χ1) is 12.0. The maximum Gasteiger partial charge on any atom is 0.303 e. The Balaban J connectivity index is 1.66. The molecular weight excluding hydrogens is 320 g/mol. The first kappa shape index (κ1) is 17.9. The lowest BCUT2D eigenvalue weighted by atomic mass is 9.79. The second kappa shape index (κ2) is 7.99. The number of carboxylic acid groups (broad SMARTS) is 1.